The van der Waals surface area contributed by atoms with E-state index in [0.29, 0.717) is 28.3 Å². The molecule has 0 radical (unpaired) electrons. The van der Waals surface area contributed by atoms with Gasteiger partial charge in [0.1, 0.15) is 6.04 Å². The number of nitrogens with one attached hydrogen (secondary N) is 3. The quantitative estimate of drug-likeness (QED) is 0.457. The summed E-state index contributed by atoms with van der Waals surface area (Å²) in [7, 11) is 4.24. The summed E-state index contributed by atoms with van der Waals surface area (Å²) in [5.74, 6) is -2.41. The van der Waals surface area contributed by atoms with Crippen molar-refractivity contribution in [2.75, 3.05) is 26.0 Å². The number of hydrogen-bond acceptors (Lipinski definition) is 2. The number of alkyl halides is 2. The normalized spacial score (nSPS) is 12.3. The molecule has 0 aliphatic heterocycles. The van der Waals surface area contributed by atoms with Crippen LogP contribution in [0.4, 0.5) is 14.5 Å². The van der Waals surface area contributed by atoms with E-state index in [2.05, 4.69) is 55.9 Å². The smallest absolute Gasteiger partial charge is 0.288 e. The van der Waals surface area contributed by atoms with Gasteiger partial charge in [-0.2, -0.15) is 8.78 Å². The highest BCUT2D eigenvalue weighted by atomic mass is 32.2. The summed E-state index contributed by atoms with van der Waals surface area (Å²) in [6.45, 7) is 2.84. The standard InChI is InChI=1S/C20H25F2N3S2/c1-4-14-5-7-15(8-6-14)18(25(2)3)13-23-20(26)24-16-9-11-17(12-10-16)27-19(21)22/h5-12,18-19H,4,13H2,1-3H3,(H2,23,24,26)/p+1/t18-/m1/s1. The van der Waals surface area contributed by atoms with E-state index in [1.54, 1.807) is 24.3 Å². The predicted molar refractivity (Wildman–Crippen MR) is 114 cm³/mol. The molecule has 0 spiro atoms. The third-order valence-electron chi connectivity index (χ3n) is 4.29. The van der Waals surface area contributed by atoms with Gasteiger partial charge >= 0.3 is 0 Å². The van der Waals surface area contributed by atoms with E-state index in [1.165, 1.54) is 16.0 Å². The first-order valence-electron chi connectivity index (χ1n) is 8.87. The van der Waals surface area contributed by atoms with Crippen LogP contribution in [-0.4, -0.2) is 31.5 Å². The lowest BCUT2D eigenvalue weighted by Crippen LogP contribution is -3.07. The van der Waals surface area contributed by atoms with Gasteiger partial charge in [0.05, 0.1) is 20.6 Å². The number of halogens is 2. The Morgan fingerprint density at radius 2 is 1.70 bits per heavy atom. The average molecular weight is 411 g/mol. The number of thioether (sulfide) groups is 1. The molecule has 7 heteroatoms. The second-order valence-electron chi connectivity index (χ2n) is 6.46. The van der Waals surface area contributed by atoms with Gasteiger partial charge < -0.3 is 15.5 Å². The van der Waals surface area contributed by atoms with Gasteiger partial charge in [-0.1, -0.05) is 43.0 Å². The van der Waals surface area contributed by atoms with Crippen molar-refractivity contribution < 1.29 is 13.7 Å². The lowest BCUT2D eigenvalue weighted by atomic mass is 10.0. The number of hydrogen-bond donors (Lipinski definition) is 3. The molecule has 0 amide bonds. The zero-order valence-corrected chi connectivity index (χ0v) is 17.4. The maximum Gasteiger partial charge on any atom is 0.288 e. The Morgan fingerprint density at radius 1 is 1.07 bits per heavy atom. The second kappa shape index (κ2) is 10.6. The maximum atomic E-state index is 12.4. The second-order valence-corrected chi connectivity index (χ2v) is 7.93. The summed E-state index contributed by atoms with van der Waals surface area (Å²) in [4.78, 5) is 1.84. The van der Waals surface area contributed by atoms with E-state index in [1.807, 2.05) is 0 Å². The monoisotopic (exact) mass is 410 g/mol. The van der Waals surface area contributed by atoms with Crippen molar-refractivity contribution in [1.82, 2.24) is 5.32 Å². The average Bonchev–Trinajstić information content (AvgIpc) is 2.63. The number of anilines is 1. The van der Waals surface area contributed by atoms with Crippen LogP contribution < -0.4 is 15.5 Å². The van der Waals surface area contributed by atoms with Crippen molar-refractivity contribution in [3.8, 4) is 0 Å². The van der Waals surface area contributed by atoms with Crippen LogP contribution in [0.25, 0.3) is 0 Å². The molecule has 0 heterocycles. The number of benzene rings is 2. The van der Waals surface area contributed by atoms with Crippen molar-refractivity contribution in [3.63, 3.8) is 0 Å². The van der Waals surface area contributed by atoms with E-state index in [9.17, 15) is 8.78 Å². The van der Waals surface area contributed by atoms with Crippen LogP contribution in [-0.2, 0) is 6.42 Å². The molecule has 0 aliphatic carbocycles. The summed E-state index contributed by atoms with van der Waals surface area (Å²) in [6.07, 6.45) is 1.03. The number of rotatable bonds is 8. The summed E-state index contributed by atoms with van der Waals surface area (Å²) in [6, 6.07) is 15.8. The molecule has 1 atom stereocenters. The molecule has 0 aliphatic rings. The van der Waals surface area contributed by atoms with Crippen LogP contribution in [0.1, 0.15) is 24.1 Å². The lowest BCUT2D eigenvalue weighted by Gasteiger charge is -2.23. The van der Waals surface area contributed by atoms with Gasteiger partial charge in [0.2, 0.25) is 0 Å². The predicted octanol–water partition coefficient (Wildman–Crippen LogP) is 3.74. The fourth-order valence-electron chi connectivity index (χ4n) is 2.73. The van der Waals surface area contributed by atoms with Crippen LogP contribution in [0.15, 0.2) is 53.4 Å². The van der Waals surface area contributed by atoms with E-state index in [0.717, 1.165) is 12.1 Å². The zero-order chi connectivity index (χ0) is 19.8. The molecule has 27 heavy (non-hydrogen) atoms. The molecule has 0 saturated carbocycles. The first-order chi connectivity index (χ1) is 12.9. The Labute approximate surface area is 169 Å². The Bertz CT molecular complexity index is 719. The van der Waals surface area contributed by atoms with Gasteiger partial charge in [0.15, 0.2) is 5.11 Å². The third-order valence-corrected chi connectivity index (χ3v) is 5.26. The van der Waals surface area contributed by atoms with Crippen LogP contribution in [0, 0.1) is 0 Å². The van der Waals surface area contributed by atoms with Crippen LogP contribution >= 0.6 is 24.0 Å². The minimum Gasteiger partial charge on any atom is -0.356 e. The first-order valence-corrected chi connectivity index (χ1v) is 10.2. The first kappa shape index (κ1) is 21.6. The SMILES string of the molecule is CCc1ccc([C@@H](CNC(=S)Nc2ccc(SC(F)F)cc2)[NH+](C)C)cc1. The van der Waals surface area contributed by atoms with Gasteiger partial charge in [-0.05, 0) is 48.5 Å². The molecular formula is C20H26F2N3S2+. The Morgan fingerprint density at radius 3 is 2.22 bits per heavy atom. The number of aryl methyl sites for hydroxylation is 1. The minimum absolute atomic E-state index is 0.264. The summed E-state index contributed by atoms with van der Waals surface area (Å²) >= 11 is 5.91. The minimum atomic E-state index is -2.41. The molecule has 0 aromatic heterocycles. The van der Waals surface area contributed by atoms with E-state index < -0.39 is 5.76 Å². The zero-order valence-electron chi connectivity index (χ0n) is 15.8. The highest BCUT2D eigenvalue weighted by Gasteiger charge is 2.18. The Hall–Kier alpha value is -1.70. The van der Waals surface area contributed by atoms with Gasteiger partial charge in [-0.25, -0.2) is 0 Å². The van der Waals surface area contributed by atoms with Crippen molar-refractivity contribution in [2.45, 2.75) is 30.0 Å². The summed E-state index contributed by atoms with van der Waals surface area (Å²) < 4.78 is 24.7. The molecular weight excluding hydrogens is 384 g/mol. The molecule has 3 N–H and O–H groups in total. The molecule has 2 rings (SSSR count). The van der Waals surface area contributed by atoms with Crippen LogP contribution in [0.2, 0.25) is 0 Å². The maximum absolute atomic E-state index is 12.4. The molecule has 146 valence electrons. The largest absolute Gasteiger partial charge is 0.356 e. The summed E-state index contributed by atoms with van der Waals surface area (Å²) in [5, 5.41) is 6.88. The van der Waals surface area contributed by atoms with Crippen molar-refractivity contribution in [1.29, 1.82) is 0 Å². The van der Waals surface area contributed by atoms with Crippen LogP contribution in [0.5, 0.6) is 0 Å². The molecule has 2 aromatic carbocycles. The molecule has 0 bridgehead atoms. The highest BCUT2D eigenvalue weighted by Crippen LogP contribution is 2.26. The van der Waals surface area contributed by atoms with Gasteiger partial charge in [-0.15, -0.1) is 0 Å². The summed E-state index contributed by atoms with van der Waals surface area (Å²) in [5.41, 5.74) is 3.35. The van der Waals surface area contributed by atoms with Gasteiger partial charge in [0, 0.05) is 16.1 Å². The number of likely N-dealkylation sites (N-methyl/N-ethyl adjacent to an activating group) is 1. The number of thiocarbonyl (C=S) groups is 1. The fourth-order valence-corrected chi connectivity index (χ4v) is 3.43. The van der Waals surface area contributed by atoms with Gasteiger partial charge in [-0.3, -0.25) is 0 Å². The Kier molecular flexibility index (Phi) is 8.47. The third kappa shape index (κ3) is 7.08. The van der Waals surface area contributed by atoms with E-state index >= 15 is 0 Å². The molecule has 0 saturated heterocycles. The number of quaternary nitrogens is 1. The van der Waals surface area contributed by atoms with Gasteiger partial charge in [0.25, 0.3) is 5.76 Å². The topological polar surface area (TPSA) is 28.5 Å². The van der Waals surface area contributed by atoms with Crippen LogP contribution in [0.3, 0.4) is 0 Å². The molecule has 0 fully saturated rings. The molecule has 3 nitrogen and oxygen atoms in total. The molecule has 2 aromatic rings. The van der Waals surface area contributed by atoms with E-state index in [-0.39, 0.29) is 6.04 Å². The Balaban J connectivity index is 1.91. The molecule has 0 unspecified atom stereocenters. The lowest BCUT2D eigenvalue weighted by molar-refractivity contribution is -0.890. The fraction of sp³-hybridized carbons (Fsp3) is 0.350. The van der Waals surface area contributed by atoms with Crippen molar-refractivity contribution in [2.24, 2.45) is 0 Å². The van der Waals surface area contributed by atoms with Crippen molar-refractivity contribution >= 4 is 34.8 Å². The highest BCUT2D eigenvalue weighted by molar-refractivity contribution is 7.99. The van der Waals surface area contributed by atoms with E-state index in [4.69, 9.17) is 12.2 Å². The van der Waals surface area contributed by atoms with Crippen molar-refractivity contribution in [3.05, 3.63) is 59.7 Å².